The summed E-state index contributed by atoms with van der Waals surface area (Å²) in [5.41, 5.74) is -1.06. The zero-order valence-electron chi connectivity index (χ0n) is 15.0. The molecule has 1 aliphatic rings. The van der Waals surface area contributed by atoms with Crippen LogP contribution in [0.1, 0.15) is 56.6 Å². The number of carbonyl (C=O) groups is 2. The van der Waals surface area contributed by atoms with E-state index >= 15 is 0 Å². The number of Topliss-reactive ketones (excluding diaryl/α,β-unsaturated/α-hetero) is 1. The Kier molecular flexibility index (Phi) is 8.88. The van der Waals surface area contributed by atoms with Crippen molar-refractivity contribution in [2.75, 3.05) is 19.3 Å². The van der Waals surface area contributed by atoms with E-state index in [0.717, 1.165) is 38.0 Å². The molecule has 0 bridgehead atoms. The monoisotopic (exact) mass is 390 g/mol. The van der Waals surface area contributed by atoms with Gasteiger partial charge in [-0.15, -0.1) is 22.6 Å². The molecule has 142 valence electrons. The van der Waals surface area contributed by atoms with Gasteiger partial charge >= 0.3 is 0 Å². The molecule has 0 aliphatic heterocycles. The highest BCUT2D eigenvalue weighted by Crippen LogP contribution is 2.25. The molecule has 7 nitrogen and oxygen atoms in total. The van der Waals surface area contributed by atoms with Gasteiger partial charge in [-0.3, -0.25) is 9.59 Å². The summed E-state index contributed by atoms with van der Waals surface area (Å²) in [6.07, 6.45) is 5.11. The molecule has 1 aromatic heterocycles. The highest BCUT2D eigenvalue weighted by molar-refractivity contribution is 7.99. The average molecular weight is 391 g/mol. The highest BCUT2D eigenvalue weighted by Gasteiger charge is 2.36. The number of thioether (sulfide) groups is 1. The smallest absolute Gasteiger partial charge is 0.287 e. The van der Waals surface area contributed by atoms with E-state index in [1.54, 1.807) is 13.8 Å². The number of rotatable bonds is 8. The van der Waals surface area contributed by atoms with Gasteiger partial charge in [0.15, 0.2) is 0 Å². The maximum Gasteiger partial charge on any atom is 0.287 e. The Balaban J connectivity index is 0.00000312. The topological polar surface area (TPSA) is 97.1 Å². The predicted octanol–water partition coefficient (Wildman–Crippen LogP) is 2.46. The van der Waals surface area contributed by atoms with Gasteiger partial charge in [0, 0.05) is 18.2 Å². The maximum absolute atomic E-state index is 12.6. The summed E-state index contributed by atoms with van der Waals surface area (Å²) >= 11 is 1.39. The zero-order chi connectivity index (χ0) is 17.6. The lowest BCUT2D eigenvalue weighted by Gasteiger charge is -2.27. The SMILES string of the molecule is CNCCSc1nnc(C(=O)C(C)(C)NC(=O)C2CCCCC2)o1.Cl. The standard InChI is InChI=1S/C16H26N4O3S.ClH/c1-16(2,18-13(22)11-7-5-4-6-8-11)12(21)14-19-20-15(23-14)24-10-9-17-3;/h11,17H,4-10H2,1-3H3,(H,18,22);1H. The Bertz CT molecular complexity index is 573. The van der Waals surface area contributed by atoms with Crippen LogP contribution in [0.25, 0.3) is 0 Å². The molecule has 0 saturated heterocycles. The van der Waals surface area contributed by atoms with E-state index in [9.17, 15) is 9.59 Å². The van der Waals surface area contributed by atoms with Crippen LogP contribution in [-0.4, -0.2) is 46.8 Å². The van der Waals surface area contributed by atoms with Crippen molar-refractivity contribution < 1.29 is 14.0 Å². The van der Waals surface area contributed by atoms with E-state index in [0.29, 0.717) is 5.22 Å². The molecule has 0 spiro atoms. The van der Waals surface area contributed by atoms with Crippen LogP contribution >= 0.6 is 24.2 Å². The lowest BCUT2D eigenvalue weighted by molar-refractivity contribution is -0.127. The maximum atomic E-state index is 12.6. The molecule has 1 amide bonds. The fourth-order valence-corrected chi connectivity index (χ4v) is 3.42. The van der Waals surface area contributed by atoms with Crippen molar-refractivity contribution in [3.63, 3.8) is 0 Å². The number of hydrogen-bond acceptors (Lipinski definition) is 7. The van der Waals surface area contributed by atoms with Gasteiger partial charge in [-0.25, -0.2) is 0 Å². The molecule has 1 heterocycles. The molecule has 1 aromatic rings. The fourth-order valence-electron chi connectivity index (χ4n) is 2.70. The molecule has 0 aromatic carbocycles. The van der Waals surface area contributed by atoms with Crippen molar-refractivity contribution in [2.24, 2.45) is 5.92 Å². The van der Waals surface area contributed by atoms with Crippen LogP contribution in [0.3, 0.4) is 0 Å². The van der Waals surface area contributed by atoms with E-state index in [4.69, 9.17) is 4.42 Å². The number of aromatic nitrogens is 2. The second kappa shape index (κ2) is 10.1. The summed E-state index contributed by atoms with van der Waals surface area (Å²) in [5.74, 6) is 0.293. The molecule has 1 saturated carbocycles. The summed E-state index contributed by atoms with van der Waals surface area (Å²) in [6, 6.07) is 0. The minimum atomic E-state index is -1.06. The van der Waals surface area contributed by atoms with E-state index in [1.807, 2.05) is 7.05 Å². The molecule has 9 heteroatoms. The molecule has 25 heavy (non-hydrogen) atoms. The average Bonchev–Trinajstić information content (AvgIpc) is 3.03. The minimum absolute atomic E-state index is 0. The van der Waals surface area contributed by atoms with Gasteiger partial charge in [0.25, 0.3) is 11.1 Å². The van der Waals surface area contributed by atoms with Crippen LogP contribution in [0.2, 0.25) is 0 Å². The van der Waals surface area contributed by atoms with Crippen molar-refractivity contribution in [3.05, 3.63) is 5.89 Å². The van der Waals surface area contributed by atoms with Gasteiger partial charge in [-0.1, -0.05) is 31.0 Å². The Morgan fingerprint density at radius 3 is 2.56 bits per heavy atom. The van der Waals surface area contributed by atoms with Crippen molar-refractivity contribution in [2.45, 2.75) is 56.7 Å². The molecule has 2 N–H and O–H groups in total. The normalized spacial score (nSPS) is 15.5. The third-order valence-electron chi connectivity index (χ3n) is 4.16. The van der Waals surface area contributed by atoms with E-state index < -0.39 is 5.54 Å². The molecule has 0 radical (unpaired) electrons. The number of nitrogens with zero attached hydrogens (tertiary/aromatic N) is 2. The number of amides is 1. The zero-order valence-corrected chi connectivity index (χ0v) is 16.6. The van der Waals surface area contributed by atoms with Crippen molar-refractivity contribution >= 4 is 35.9 Å². The lowest BCUT2D eigenvalue weighted by atomic mass is 9.87. The summed E-state index contributed by atoms with van der Waals surface area (Å²) < 4.78 is 5.42. The van der Waals surface area contributed by atoms with Crippen LogP contribution in [0, 0.1) is 5.92 Å². The van der Waals surface area contributed by atoms with Gasteiger partial charge in [0.05, 0.1) is 0 Å². The Hall–Kier alpha value is -1.12. The first-order valence-corrected chi connectivity index (χ1v) is 9.40. The van der Waals surface area contributed by atoms with Gasteiger partial charge in [-0.05, 0) is 33.7 Å². The van der Waals surface area contributed by atoms with Gasteiger partial charge in [0.2, 0.25) is 11.7 Å². The minimum Gasteiger partial charge on any atom is -0.408 e. The van der Waals surface area contributed by atoms with Crippen LogP contribution in [0.4, 0.5) is 0 Å². The molecule has 0 atom stereocenters. The van der Waals surface area contributed by atoms with Crippen molar-refractivity contribution in [1.29, 1.82) is 0 Å². The van der Waals surface area contributed by atoms with Crippen LogP contribution in [0.5, 0.6) is 0 Å². The Morgan fingerprint density at radius 2 is 1.92 bits per heavy atom. The highest BCUT2D eigenvalue weighted by atomic mass is 35.5. The number of ketones is 1. The van der Waals surface area contributed by atoms with Crippen LogP contribution in [0.15, 0.2) is 9.64 Å². The fraction of sp³-hybridized carbons (Fsp3) is 0.750. The van der Waals surface area contributed by atoms with E-state index in [2.05, 4.69) is 20.8 Å². The molecule has 1 fully saturated rings. The van der Waals surface area contributed by atoms with E-state index in [1.165, 1.54) is 18.2 Å². The van der Waals surface area contributed by atoms with Crippen LogP contribution < -0.4 is 10.6 Å². The first kappa shape index (κ1) is 21.9. The van der Waals surface area contributed by atoms with Crippen LogP contribution in [-0.2, 0) is 4.79 Å². The van der Waals surface area contributed by atoms with Gasteiger partial charge < -0.3 is 15.1 Å². The second-order valence-electron chi connectivity index (χ2n) is 6.60. The Morgan fingerprint density at radius 1 is 1.24 bits per heavy atom. The summed E-state index contributed by atoms with van der Waals surface area (Å²) in [6.45, 7) is 4.15. The van der Waals surface area contributed by atoms with Gasteiger partial charge in [-0.2, -0.15) is 0 Å². The number of nitrogens with one attached hydrogen (secondary N) is 2. The molecule has 2 rings (SSSR count). The van der Waals surface area contributed by atoms with E-state index in [-0.39, 0.29) is 35.9 Å². The summed E-state index contributed by atoms with van der Waals surface area (Å²) in [7, 11) is 1.86. The van der Waals surface area contributed by atoms with Gasteiger partial charge in [0.1, 0.15) is 5.54 Å². The molecular formula is C16H27ClN4O3S. The molecule has 1 aliphatic carbocycles. The third kappa shape index (κ3) is 6.27. The third-order valence-corrected chi connectivity index (χ3v) is 4.98. The Labute approximate surface area is 158 Å². The molecular weight excluding hydrogens is 364 g/mol. The lowest BCUT2D eigenvalue weighted by Crippen LogP contribution is -2.52. The number of carbonyl (C=O) groups excluding carboxylic acids is 2. The van der Waals surface area contributed by atoms with Crippen molar-refractivity contribution in [1.82, 2.24) is 20.8 Å². The number of halogens is 1. The summed E-state index contributed by atoms with van der Waals surface area (Å²) in [4.78, 5) is 25.0. The summed E-state index contributed by atoms with van der Waals surface area (Å²) in [5, 5.41) is 13.9. The second-order valence-corrected chi connectivity index (χ2v) is 7.65. The molecule has 0 unspecified atom stereocenters. The predicted molar refractivity (Wildman–Crippen MR) is 99.3 cm³/mol. The quantitative estimate of drug-likeness (QED) is 0.399. The van der Waals surface area contributed by atoms with Crippen molar-refractivity contribution in [3.8, 4) is 0 Å². The first-order valence-electron chi connectivity index (χ1n) is 8.42. The first-order chi connectivity index (χ1) is 11.4. The largest absolute Gasteiger partial charge is 0.408 e. The number of hydrogen-bond donors (Lipinski definition) is 2.